The van der Waals surface area contributed by atoms with Crippen LogP contribution in [0.1, 0.15) is 10.5 Å². The number of aromatic nitrogens is 2. The first-order chi connectivity index (χ1) is 8.74. The van der Waals surface area contributed by atoms with E-state index in [9.17, 15) is 4.79 Å². The molecular weight excluding hydrogens is 228 g/mol. The molecule has 0 bridgehead atoms. The molecule has 4 nitrogen and oxygen atoms in total. The van der Waals surface area contributed by atoms with Gasteiger partial charge < -0.3 is 10.1 Å². The SMILES string of the molecule is O=C(O)c1cc2ccc(-c3ccncc3)cc2[nH]1. The van der Waals surface area contributed by atoms with Crippen LogP contribution in [-0.4, -0.2) is 21.0 Å². The average Bonchev–Trinajstić information content (AvgIpc) is 2.82. The molecule has 0 radical (unpaired) electrons. The van der Waals surface area contributed by atoms with Crippen LogP contribution < -0.4 is 0 Å². The molecule has 0 aliphatic rings. The van der Waals surface area contributed by atoms with Crippen molar-refractivity contribution in [1.29, 1.82) is 0 Å². The second-order valence-electron chi connectivity index (χ2n) is 4.03. The van der Waals surface area contributed by atoms with Crippen LogP contribution in [0.2, 0.25) is 0 Å². The maximum absolute atomic E-state index is 10.9. The molecule has 0 amide bonds. The minimum Gasteiger partial charge on any atom is -0.477 e. The Morgan fingerprint density at radius 3 is 2.56 bits per heavy atom. The molecule has 2 aromatic heterocycles. The summed E-state index contributed by atoms with van der Waals surface area (Å²) < 4.78 is 0. The zero-order valence-corrected chi connectivity index (χ0v) is 9.42. The monoisotopic (exact) mass is 238 g/mol. The van der Waals surface area contributed by atoms with E-state index >= 15 is 0 Å². The van der Waals surface area contributed by atoms with Crippen molar-refractivity contribution in [3.05, 3.63) is 54.5 Å². The fourth-order valence-electron chi connectivity index (χ4n) is 1.97. The number of carbonyl (C=O) groups is 1. The number of aromatic carboxylic acids is 1. The van der Waals surface area contributed by atoms with Crippen molar-refractivity contribution >= 4 is 16.9 Å². The Kier molecular flexibility index (Phi) is 2.34. The Bertz CT molecular complexity index is 717. The summed E-state index contributed by atoms with van der Waals surface area (Å²) >= 11 is 0. The number of hydrogen-bond donors (Lipinski definition) is 2. The van der Waals surface area contributed by atoms with Crippen LogP contribution in [0.4, 0.5) is 0 Å². The van der Waals surface area contributed by atoms with Crippen LogP contribution in [0.3, 0.4) is 0 Å². The predicted molar refractivity (Wildman–Crippen MR) is 68.5 cm³/mol. The number of pyridine rings is 1. The molecule has 2 heterocycles. The maximum atomic E-state index is 10.9. The lowest BCUT2D eigenvalue weighted by molar-refractivity contribution is 0.0691. The van der Waals surface area contributed by atoms with Crippen molar-refractivity contribution in [2.45, 2.75) is 0 Å². The molecule has 2 N–H and O–H groups in total. The average molecular weight is 238 g/mol. The normalized spacial score (nSPS) is 10.7. The number of nitrogens with zero attached hydrogens (tertiary/aromatic N) is 1. The van der Waals surface area contributed by atoms with Crippen LogP contribution in [0.5, 0.6) is 0 Å². The third-order valence-electron chi connectivity index (χ3n) is 2.87. The van der Waals surface area contributed by atoms with Gasteiger partial charge in [-0.2, -0.15) is 0 Å². The van der Waals surface area contributed by atoms with E-state index in [0.29, 0.717) is 0 Å². The lowest BCUT2D eigenvalue weighted by Gasteiger charge is -2.00. The fraction of sp³-hybridized carbons (Fsp3) is 0. The van der Waals surface area contributed by atoms with E-state index in [2.05, 4.69) is 9.97 Å². The summed E-state index contributed by atoms with van der Waals surface area (Å²) in [6.07, 6.45) is 3.47. The summed E-state index contributed by atoms with van der Waals surface area (Å²) in [5.41, 5.74) is 3.11. The first-order valence-corrected chi connectivity index (χ1v) is 5.50. The van der Waals surface area contributed by atoms with E-state index in [-0.39, 0.29) is 5.69 Å². The van der Waals surface area contributed by atoms with Crippen molar-refractivity contribution in [2.24, 2.45) is 0 Å². The molecule has 3 rings (SSSR count). The van der Waals surface area contributed by atoms with Crippen LogP contribution >= 0.6 is 0 Å². The maximum Gasteiger partial charge on any atom is 0.352 e. The Labute approximate surface area is 103 Å². The standard InChI is InChI=1S/C14H10N2O2/c17-14(18)13-8-11-2-1-10(7-12(11)16-13)9-3-5-15-6-4-9/h1-8,16H,(H,17,18). The second-order valence-corrected chi connectivity index (χ2v) is 4.03. The van der Waals surface area contributed by atoms with Gasteiger partial charge in [-0.05, 0) is 35.4 Å². The fourth-order valence-corrected chi connectivity index (χ4v) is 1.97. The lowest BCUT2D eigenvalue weighted by Crippen LogP contribution is -1.94. The quantitative estimate of drug-likeness (QED) is 0.721. The highest BCUT2D eigenvalue weighted by atomic mass is 16.4. The van der Waals surface area contributed by atoms with Crippen molar-refractivity contribution < 1.29 is 9.90 Å². The number of H-pyrrole nitrogens is 1. The molecule has 0 atom stereocenters. The molecule has 3 aromatic rings. The summed E-state index contributed by atoms with van der Waals surface area (Å²) in [5, 5.41) is 9.83. The van der Waals surface area contributed by atoms with Gasteiger partial charge in [0.05, 0.1) is 0 Å². The summed E-state index contributed by atoms with van der Waals surface area (Å²) in [4.78, 5) is 17.8. The summed E-state index contributed by atoms with van der Waals surface area (Å²) in [6, 6.07) is 11.3. The van der Waals surface area contributed by atoms with Gasteiger partial charge in [0, 0.05) is 23.3 Å². The minimum atomic E-state index is -0.948. The van der Waals surface area contributed by atoms with Gasteiger partial charge in [-0.25, -0.2) is 4.79 Å². The highest BCUT2D eigenvalue weighted by molar-refractivity contribution is 5.95. The lowest BCUT2D eigenvalue weighted by atomic mass is 10.1. The topological polar surface area (TPSA) is 66.0 Å². The molecule has 0 spiro atoms. The van der Waals surface area contributed by atoms with Gasteiger partial charge in [-0.3, -0.25) is 4.98 Å². The number of hydrogen-bond acceptors (Lipinski definition) is 2. The highest BCUT2D eigenvalue weighted by Gasteiger charge is 2.07. The number of benzene rings is 1. The molecule has 0 fully saturated rings. The van der Waals surface area contributed by atoms with E-state index < -0.39 is 5.97 Å². The van der Waals surface area contributed by atoms with Gasteiger partial charge in [0.25, 0.3) is 0 Å². The van der Waals surface area contributed by atoms with Gasteiger partial charge in [-0.1, -0.05) is 12.1 Å². The van der Waals surface area contributed by atoms with Crippen molar-refractivity contribution in [3.63, 3.8) is 0 Å². The molecule has 0 aliphatic heterocycles. The van der Waals surface area contributed by atoms with E-state index in [1.807, 2.05) is 30.3 Å². The predicted octanol–water partition coefficient (Wildman–Crippen LogP) is 2.93. The van der Waals surface area contributed by atoms with Crippen LogP contribution in [0.15, 0.2) is 48.8 Å². The van der Waals surface area contributed by atoms with Crippen LogP contribution in [-0.2, 0) is 0 Å². The number of carboxylic acid groups (broad SMARTS) is 1. The Morgan fingerprint density at radius 1 is 1.06 bits per heavy atom. The molecule has 0 saturated carbocycles. The van der Waals surface area contributed by atoms with Gasteiger partial charge in [-0.15, -0.1) is 0 Å². The Balaban J connectivity index is 2.14. The van der Waals surface area contributed by atoms with Gasteiger partial charge >= 0.3 is 5.97 Å². The number of carboxylic acids is 1. The van der Waals surface area contributed by atoms with E-state index in [0.717, 1.165) is 22.0 Å². The van der Waals surface area contributed by atoms with Crippen LogP contribution in [0, 0.1) is 0 Å². The van der Waals surface area contributed by atoms with E-state index in [1.165, 1.54) is 0 Å². The summed E-state index contributed by atoms with van der Waals surface area (Å²) in [7, 11) is 0. The van der Waals surface area contributed by atoms with Crippen molar-refractivity contribution in [3.8, 4) is 11.1 Å². The molecule has 18 heavy (non-hydrogen) atoms. The largest absolute Gasteiger partial charge is 0.477 e. The van der Waals surface area contributed by atoms with Gasteiger partial charge in [0.15, 0.2) is 0 Å². The van der Waals surface area contributed by atoms with Crippen molar-refractivity contribution in [2.75, 3.05) is 0 Å². The molecule has 88 valence electrons. The number of rotatable bonds is 2. The van der Waals surface area contributed by atoms with Crippen molar-refractivity contribution in [1.82, 2.24) is 9.97 Å². The zero-order valence-electron chi connectivity index (χ0n) is 9.42. The van der Waals surface area contributed by atoms with Crippen LogP contribution in [0.25, 0.3) is 22.0 Å². The molecule has 1 aromatic carbocycles. The smallest absolute Gasteiger partial charge is 0.352 e. The van der Waals surface area contributed by atoms with Gasteiger partial charge in [0.2, 0.25) is 0 Å². The number of aromatic amines is 1. The third-order valence-corrected chi connectivity index (χ3v) is 2.87. The Morgan fingerprint density at radius 2 is 1.83 bits per heavy atom. The minimum absolute atomic E-state index is 0.205. The first kappa shape index (κ1) is 10.5. The van der Waals surface area contributed by atoms with Gasteiger partial charge in [0.1, 0.15) is 5.69 Å². The highest BCUT2D eigenvalue weighted by Crippen LogP contribution is 2.24. The molecule has 4 heteroatoms. The molecule has 0 aliphatic carbocycles. The Hall–Kier alpha value is -2.62. The number of nitrogens with one attached hydrogen (secondary N) is 1. The number of fused-ring (bicyclic) bond motifs is 1. The first-order valence-electron chi connectivity index (χ1n) is 5.50. The summed E-state index contributed by atoms with van der Waals surface area (Å²) in [6.45, 7) is 0. The molecular formula is C14H10N2O2. The summed E-state index contributed by atoms with van der Waals surface area (Å²) in [5.74, 6) is -0.948. The van der Waals surface area contributed by atoms with E-state index in [4.69, 9.17) is 5.11 Å². The molecule has 0 unspecified atom stereocenters. The van der Waals surface area contributed by atoms with E-state index in [1.54, 1.807) is 18.5 Å². The second kappa shape index (κ2) is 4.00. The third kappa shape index (κ3) is 1.73. The molecule has 0 saturated heterocycles. The zero-order chi connectivity index (χ0) is 12.5.